The molecule has 3 nitrogen and oxygen atoms in total. The van der Waals surface area contributed by atoms with Crippen molar-refractivity contribution in [1.29, 1.82) is 0 Å². The number of carbonyl (C=O) groups excluding carboxylic acids is 2. The van der Waals surface area contributed by atoms with E-state index >= 15 is 0 Å². The topological polar surface area (TPSA) is 43.4 Å². The highest BCUT2D eigenvalue weighted by molar-refractivity contribution is 6.42. The zero-order valence-electron chi connectivity index (χ0n) is 5.43. The normalized spacial score (nSPS) is 25.1. The molecule has 1 rings (SSSR count). The van der Waals surface area contributed by atoms with Gasteiger partial charge in [0.2, 0.25) is 11.6 Å². The number of hydrogen-bond donors (Lipinski definition) is 0. The van der Waals surface area contributed by atoms with E-state index in [0.717, 1.165) is 0 Å². The highest BCUT2D eigenvalue weighted by atomic mass is 16.5. The molecule has 0 amide bonds. The molecule has 0 atom stereocenters. The van der Waals surface area contributed by atoms with Crippen molar-refractivity contribution in [3.8, 4) is 0 Å². The molecule has 9 heavy (non-hydrogen) atoms. The van der Waals surface area contributed by atoms with E-state index in [1.807, 2.05) is 0 Å². The summed E-state index contributed by atoms with van der Waals surface area (Å²) in [5.41, 5.74) is -0.864. The summed E-state index contributed by atoms with van der Waals surface area (Å²) in [5.74, 6) is -0.831. The first kappa shape index (κ1) is 6.42. The number of ether oxygens (including phenoxy) is 1. The fraction of sp³-hybridized carbons (Fsp3) is 0.667. The van der Waals surface area contributed by atoms with E-state index in [4.69, 9.17) is 4.74 Å². The molecule has 0 bridgehead atoms. The van der Waals surface area contributed by atoms with Gasteiger partial charge in [0.05, 0.1) is 0 Å². The first-order valence-electron chi connectivity index (χ1n) is 2.75. The van der Waals surface area contributed by atoms with Gasteiger partial charge in [-0.2, -0.15) is 0 Å². The Hall–Kier alpha value is -0.700. The molecule has 0 aliphatic carbocycles. The molecule has 0 spiro atoms. The highest BCUT2D eigenvalue weighted by Gasteiger charge is 2.40. The van der Waals surface area contributed by atoms with Crippen molar-refractivity contribution in [3.05, 3.63) is 0 Å². The molecule has 50 valence electrons. The van der Waals surface area contributed by atoms with E-state index in [1.54, 1.807) is 13.8 Å². The minimum absolute atomic E-state index is 0.0498. The molecule has 1 aliphatic heterocycles. The summed E-state index contributed by atoms with van der Waals surface area (Å²) in [6.07, 6.45) is 0. The van der Waals surface area contributed by atoms with Gasteiger partial charge < -0.3 is 4.74 Å². The van der Waals surface area contributed by atoms with Gasteiger partial charge in [-0.25, -0.2) is 0 Å². The predicted octanol–water partition coefficient (Wildman–Crippen LogP) is -0.0666. The minimum Gasteiger partial charge on any atom is -0.359 e. The zero-order valence-corrected chi connectivity index (χ0v) is 5.43. The molecule has 1 saturated heterocycles. The number of Topliss-reactive ketones (excluding diaryl/α,β-unsaturated/α-hetero) is 2. The molecule has 1 fully saturated rings. The molecule has 0 aromatic heterocycles. The van der Waals surface area contributed by atoms with Crippen molar-refractivity contribution in [1.82, 2.24) is 0 Å². The van der Waals surface area contributed by atoms with E-state index in [2.05, 4.69) is 0 Å². The molecule has 0 N–H and O–H groups in total. The van der Waals surface area contributed by atoms with Crippen molar-refractivity contribution in [2.75, 3.05) is 6.61 Å². The fourth-order valence-electron chi connectivity index (χ4n) is 0.713. The van der Waals surface area contributed by atoms with E-state index in [0.29, 0.717) is 0 Å². The van der Waals surface area contributed by atoms with E-state index in [-0.39, 0.29) is 6.61 Å². The van der Waals surface area contributed by atoms with Crippen LogP contribution in [0.3, 0.4) is 0 Å². The van der Waals surface area contributed by atoms with Gasteiger partial charge in [-0.15, -0.1) is 0 Å². The number of hydrogen-bond acceptors (Lipinski definition) is 3. The molecule has 0 aromatic carbocycles. The lowest BCUT2D eigenvalue weighted by Crippen LogP contribution is -2.29. The second-order valence-electron chi connectivity index (χ2n) is 2.55. The monoisotopic (exact) mass is 128 g/mol. The van der Waals surface area contributed by atoms with Crippen molar-refractivity contribution in [2.45, 2.75) is 19.4 Å². The van der Waals surface area contributed by atoms with E-state index in [9.17, 15) is 9.59 Å². The van der Waals surface area contributed by atoms with Gasteiger partial charge in [-0.05, 0) is 13.8 Å². The summed E-state index contributed by atoms with van der Waals surface area (Å²) < 4.78 is 4.87. The summed E-state index contributed by atoms with van der Waals surface area (Å²) in [5, 5.41) is 0. The Morgan fingerprint density at radius 1 is 1.44 bits per heavy atom. The minimum atomic E-state index is -0.864. The molecule has 0 radical (unpaired) electrons. The summed E-state index contributed by atoms with van der Waals surface area (Å²) in [6, 6.07) is 0. The Kier molecular flexibility index (Phi) is 1.17. The molecular weight excluding hydrogens is 120 g/mol. The maximum Gasteiger partial charge on any atom is 0.231 e. The maximum absolute atomic E-state index is 10.8. The molecule has 1 heterocycles. The number of carbonyl (C=O) groups is 2. The van der Waals surface area contributed by atoms with Crippen molar-refractivity contribution < 1.29 is 14.3 Å². The number of ketones is 2. The Morgan fingerprint density at radius 3 is 2.11 bits per heavy atom. The summed E-state index contributed by atoms with van der Waals surface area (Å²) in [7, 11) is 0. The first-order valence-corrected chi connectivity index (χ1v) is 2.75. The lowest BCUT2D eigenvalue weighted by atomic mass is 10.0. The Bertz CT molecular complexity index is 169. The Labute approximate surface area is 53.0 Å². The van der Waals surface area contributed by atoms with E-state index < -0.39 is 17.2 Å². The van der Waals surface area contributed by atoms with Gasteiger partial charge in [-0.1, -0.05) is 0 Å². The summed E-state index contributed by atoms with van der Waals surface area (Å²) in [4.78, 5) is 21.3. The van der Waals surface area contributed by atoms with Gasteiger partial charge in [0.25, 0.3) is 0 Å². The molecule has 1 aliphatic rings. The molecular formula is C6H8O3. The third-order valence-corrected chi connectivity index (χ3v) is 1.36. The van der Waals surface area contributed by atoms with Crippen LogP contribution in [0.5, 0.6) is 0 Å². The average molecular weight is 128 g/mol. The van der Waals surface area contributed by atoms with Crippen molar-refractivity contribution in [2.24, 2.45) is 0 Å². The van der Waals surface area contributed by atoms with Crippen LogP contribution >= 0.6 is 0 Å². The lowest BCUT2D eigenvalue weighted by molar-refractivity contribution is -0.136. The van der Waals surface area contributed by atoms with Crippen LogP contribution in [0.25, 0.3) is 0 Å². The van der Waals surface area contributed by atoms with Crippen LogP contribution < -0.4 is 0 Å². The van der Waals surface area contributed by atoms with Crippen LogP contribution in [0.1, 0.15) is 13.8 Å². The SMILES string of the molecule is CC1(C)OCC(=O)C1=O. The summed E-state index contributed by atoms with van der Waals surface area (Å²) in [6.45, 7) is 3.15. The average Bonchev–Trinajstić information content (AvgIpc) is 1.97. The van der Waals surface area contributed by atoms with E-state index in [1.165, 1.54) is 0 Å². The second kappa shape index (κ2) is 1.64. The van der Waals surface area contributed by atoms with Crippen LogP contribution in [-0.2, 0) is 14.3 Å². The van der Waals surface area contributed by atoms with Gasteiger partial charge in [0.1, 0.15) is 12.2 Å². The third-order valence-electron chi connectivity index (χ3n) is 1.36. The molecule has 3 heteroatoms. The van der Waals surface area contributed by atoms with Crippen molar-refractivity contribution in [3.63, 3.8) is 0 Å². The molecule has 0 unspecified atom stereocenters. The molecule has 0 aromatic rings. The van der Waals surface area contributed by atoms with Crippen LogP contribution in [0, 0.1) is 0 Å². The standard InChI is InChI=1S/C6H8O3/c1-6(2)5(8)4(7)3-9-6/h3H2,1-2H3. The maximum atomic E-state index is 10.8. The quantitative estimate of drug-likeness (QED) is 0.429. The highest BCUT2D eigenvalue weighted by Crippen LogP contribution is 2.17. The van der Waals surface area contributed by atoms with Crippen LogP contribution in [-0.4, -0.2) is 23.8 Å². The van der Waals surface area contributed by atoms with Gasteiger partial charge >= 0.3 is 0 Å². The third kappa shape index (κ3) is 0.876. The second-order valence-corrected chi connectivity index (χ2v) is 2.55. The molecule has 0 saturated carbocycles. The number of rotatable bonds is 0. The zero-order chi connectivity index (χ0) is 7.07. The van der Waals surface area contributed by atoms with Crippen molar-refractivity contribution >= 4 is 11.6 Å². The largest absolute Gasteiger partial charge is 0.359 e. The van der Waals surface area contributed by atoms with Crippen LogP contribution in [0.4, 0.5) is 0 Å². The lowest BCUT2D eigenvalue weighted by Gasteiger charge is -2.11. The van der Waals surface area contributed by atoms with Gasteiger partial charge in [0.15, 0.2) is 0 Å². The predicted molar refractivity (Wildman–Crippen MR) is 30.0 cm³/mol. The smallest absolute Gasteiger partial charge is 0.231 e. The van der Waals surface area contributed by atoms with Gasteiger partial charge in [0, 0.05) is 0 Å². The Balaban J connectivity index is 2.86. The van der Waals surface area contributed by atoms with Gasteiger partial charge in [-0.3, -0.25) is 9.59 Å². The summed E-state index contributed by atoms with van der Waals surface area (Å²) >= 11 is 0. The first-order chi connectivity index (χ1) is 4.04. The van der Waals surface area contributed by atoms with Crippen LogP contribution in [0.15, 0.2) is 0 Å². The Morgan fingerprint density at radius 2 is 2.00 bits per heavy atom. The fourth-order valence-corrected chi connectivity index (χ4v) is 0.713. The van der Waals surface area contributed by atoms with Crippen LogP contribution in [0.2, 0.25) is 0 Å².